The van der Waals surface area contributed by atoms with Gasteiger partial charge in [-0.15, -0.1) is 6.58 Å². The van der Waals surface area contributed by atoms with Gasteiger partial charge in [-0.05, 0) is 44.4 Å². The molecular formula is C12H10BrFN4O2S. The zero-order valence-corrected chi connectivity index (χ0v) is 13.0. The molecule has 0 saturated carbocycles. The third-order valence-corrected chi connectivity index (χ3v) is 3.82. The molecule has 2 N–H and O–H groups in total. The molecular weight excluding hydrogens is 363 g/mol. The number of rotatable bonds is 5. The molecule has 6 nitrogen and oxygen atoms in total. The zero-order chi connectivity index (χ0) is 15.2. The highest BCUT2D eigenvalue weighted by Gasteiger charge is 2.16. The van der Waals surface area contributed by atoms with Gasteiger partial charge in [0.05, 0.1) is 10.2 Å². The van der Waals surface area contributed by atoms with Gasteiger partial charge >= 0.3 is 0 Å². The van der Waals surface area contributed by atoms with Crippen molar-refractivity contribution < 1.29 is 14.2 Å². The van der Waals surface area contributed by atoms with E-state index in [0.717, 1.165) is 0 Å². The number of nitrogens with one attached hydrogen (secondary N) is 1. The summed E-state index contributed by atoms with van der Waals surface area (Å²) < 4.78 is 18.1. The molecule has 1 aromatic heterocycles. The highest BCUT2D eigenvalue weighted by atomic mass is 79.9. The van der Waals surface area contributed by atoms with Crippen molar-refractivity contribution in [3.63, 3.8) is 0 Å². The van der Waals surface area contributed by atoms with Gasteiger partial charge in [0.1, 0.15) is 5.82 Å². The Morgan fingerprint density at radius 1 is 1.57 bits per heavy atom. The maximum absolute atomic E-state index is 13.2. The van der Waals surface area contributed by atoms with Crippen molar-refractivity contribution in [2.24, 2.45) is 4.99 Å². The van der Waals surface area contributed by atoms with E-state index in [1.165, 1.54) is 30.0 Å². The van der Waals surface area contributed by atoms with E-state index in [2.05, 4.69) is 42.4 Å². The molecule has 2 rings (SSSR count). The van der Waals surface area contributed by atoms with Crippen molar-refractivity contribution in [3.05, 3.63) is 46.8 Å². The van der Waals surface area contributed by atoms with Crippen LogP contribution in [0.15, 0.2) is 50.0 Å². The van der Waals surface area contributed by atoms with Gasteiger partial charge in [-0.1, -0.05) is 17.8 Å². The molecule has 0 atom stereocenters. The van der Waals surface area contributed by atoms with E-state index in [4.69, 9.17) is 0 Å². The van der Waals surface area contributed by atoms with E-state index in [1.54, 1.807) is 6.08 Å². The third kappa shape index (κ3) is 3.90. The number of hydrogen-bond donors (Lipinski definition) is 2. The number of hydroxylamine groups is 1. The largest absolute Gasteiger partial charge is 0.290 e. The average molecular weight is 373 g/mol. The van der Waals surface area contributed by atoms with Crippen LogP contribution >= 0.6 is 27.7 Å². The van der Waals surface area contributed by atoms with Crippen LogP contribution in [0.2, 0.25) is 0 Å². The quantitative estimate of drug-likeness (QED) is 0.275. The van der Waals surface area contributed by atoms with Crippen molar-refractivity contribution in [2.45, 2.75) is 5.03 Å². The molecule has 2 aromatic rings. The fraction of sp³-hybridized carbons (Fsp3) is 0.0833. The summed E-state index contributed by atoms with van der Waals surface area (Å²) in [5.74, 6) is 0.237. The van der Waals surface area contributed by atoms with Crippen LogP contribution in [0.25, 0.3) is 0 Å². The Morgan fingerprint density at radius 2 is 2.38 bits per heavy atom. The smallest absolute Gasteiger partial charge is 0.186 e. The molecule has 0 amide bonds. The minimum atomic E-state index is -0.405. The summed E-state index contributed by atoms with van der Waals surface area (Å²) in [5.41, 5.74) is 2.62. The zero-order valence-electron chi connectivity index (χ0n) is 10.6. The normalized spacial score (nSPS) is 11.5. The molecule has 0 radical (unpaired) electrons. The second kappa shape index (κ2) is 7.34. The Morgan fingerprint density at radius 3 is 3.05 bits per heavy atom. The minimum absolute atomic E-state index is 0.0429. The van der Waals surface area contributed by atoms with Crippen molar-refractivity contribution in [2.75, 3.05) is 5.75 Å². The lowest BCUT2D eigenvalue weighted by atomic mass is 10.3. The van der Waals surface area contributed by atoms with Crippen LogP contribution < -0.4 is 5.48 Å². The van der Waals surface area contributed by atoms with Crippen molar-refractivity contribution >= 4 is 39.2 Å². The molecule has 9 heteroatoms. The molecule has 0 aliphatic heterocycles. The summed E-state index contributed by atoms with van der Waals surface area (Å²) in [7, 11) is 0. The van der Waals surface area contributed by atoms with Crippen LogP contribution in [0, 0.1) is 5.82 Å². The lowest BCUT2D eigenvalue weighted by Gasteiger charge is -2.03. The van der Waals surface area contributed by atoms with Crippen LogP contribution in [-0.2, 0) is 0 Å². The Bertz CT molecular complexity index is 677. The van der Waals surface area contributed by atoms with Crippen LogP contribution in [0.5, 0.6) is 0 Å². The van der Waals surface area contributed by atoms with E-state index in [0.29, 0.717) is 16.5 Å². The second-order valence-electron chi connectivity index (χ2n) is 3.69. The Balaban J connectivity index is 2.34. The van der Waals surface area contributed by atoms with E-state index >= 15 is 0 Å². The Kier molecular flexibility index (Phi) is 5.48. The van der Waals surface area contributed by atoms with Crippen molar-refractivity contribution in [3.8, 4) is 0 Å². The predicted octanol–water partition coefficient (Wildman–Crippen LogP) is 3.31. The number of halogens is 2. The lowest BCUT2D eigenvalue weighted by Crippen LogP contribution is -2.21. The van der Waals surface area contributed by atoms with E-state index < -0.39 is 5.82 Å². The molecule has 0 fully saturated rings. The maximum Gasteiger partial charge on any atom is 0.186 e. The van der Waals surface area contributed by atoms with Crippen molar-refractivity contribution in [1.29, 1.82) is 0 Å². The number of nitrogens with zero attached hydrogens (tertiary/aromatic N) is 3. The topological polar surface area (TPSA) is 83.5 Å². The molecule has 0 aliphatic carbocycles. The standard InChI is InChI=1S/C12H10BrFN4O2S/c1-2-5-21-12-10(17-20-18-12)11(16-19)15-7-3-4-9(14)8(13)6-7/h2-4,6,19H,1,5H2,(H,15,16). The fourth-order valence-corrected chi connectivity index (χ4v) is 2.37. The number of amidine groups is 1. The molecule has 21 heavy (non-hydrogen) atoms. The number of benzene rings is 1. The SMILES string of the molecule is C=CCSc1nonc1C(=Nc1ccc(F)c(Br)c1)NO. The highest BCUT2D eigenvalue weighted by Crippen LogP contribution is 2.24. The summed E-state index contributed by atoms with van der Waals surface area (Å²) >= 11 is 4.39. The lowest BCUT2D eigenvalue weighted by molar-refractivity contribution is 0.234. The third-order valence-electron chi connectivity index (χ3n) is 2.27. The summed E-state index contributed by atoms with van der Waals surface area (Å²) in [6.07, 6.45) is 1.70. The molecule has 0 unspecified atom stereocenters. The van der Waals surface area contributed by atoms with Gasteiger partial charge in [-0.2, -0.15) is 0 Å². The average Bonchev–Trinajstić information content (AvgIpc) is 2.94. The van der Waals surface area contributed by atoms with Crippen LogP contribution in [0.1, 0.15) is 5.69 Å². The van der Waals surface area contributed by atoms with Gasteiger partial charge in [-0.25, -0.2) is 14.0 Å². The molecule has 0 aliphatic rings. The fourth-order valence-electron chi connectivity index (χ4n) is 1.37. The molecule has 0 bridgehead atoms. The first-order chi connectivity index (χ1) is 10.2. The van der Waals surface area contributed by atoms with Crippen LogP contribution in [-0.4, -0.2) is 27.1 Å². The summed E-state index contributed by atoms with van der Waals surface area (Å²) in [4.78, 5) is 4.15. The van der Waals surface area contributed by atoms with Gasteiger partial charge in [0, 0.05) is 5.75 Å². The highest BCUT2D eigenvalue weighted by molar-refractivity contribution is 9.10. The molecule has 1 heterocycles. The number of aliphatic imine (C=N–C) groups is 1. The van der Waals surface area contributed by atoms with Gasteiger partial charge < -0.3 is 0 Å². The van der Waals surface area contributed by atoms with Crippen LogP contribution in [0.4, 0.5) is 10.1 Å². The van der Waals surface area contributed by atoms with E-state index in [-0.39, 0.29) is 16.0 Å². The number of aromatic nitrogens is 2. The molecule has 110 valence electrons. The van der Waals surface area contributed by atoms with Gasteiger partial charge in [0.2, 0.25) is 0 Å². The summed E-state index contributed by atoms with van der Waals surface area (Å²) in [6, 6.07) is 4.19. The summed E-state index contributed by atoms with van der Waals surface area (Å²) in [6.45, 7) is 3.60. The first kappa shape index (κ1) is 15.7. The first-order valence-electron chi connectivity index (χ1n) is 5.66. The molecule has 1 aromatic carbocycles. The predicted molar refractivity (Wildman–Crippen MR) is 80.4 cm³/mol. The monoisotopic (exact) mass is 372 g/mol. The van der Waals surface area contributed by atoms with Crippen LogP contribution in [0.3, 0.4) is 0 Å². The second-order valence-corrected chi connectivity index (χ2v) is 5.55. The van der Waals surface area contributed by atoms with Crippen molar-refractivity contribution in [1.82, 2.24) is 15.8 Å². The Labute approximate surface area is 132 Å². The summed E-state index contributed by atoms with van der Waals surface area (Å²) in [5, 5.41) is 17.1. The van der Waals surface area contributed by atoms with Gasteiger partial charge in [0.15, 0.2) is 16.6 Å². The van der Waals surface area contributed by atoms with Gasteiger partial charge in [-0.3, -0.25) is 10.7 Å². The number of hydrogen-bond acceptors (Lipinski definition) is 6. The van der Waals surface area contributed by atoms with E-state index in [9.17, 15) is 9.60 Å². The van der Waals surface area contributed by atoms with Gasteiger partial charge in [0.25, 0.3) is 0 Å². The molecule has 0 spiro atoms. The maximum atomic E-state index is 13.2. The minimum Gasteiger partial charge on any atom is -0.290 e. The number of thioether (sulfide) groups is 1. The molecule has 0 saturated heterocycles. The Hall–Kier alpha value is -1.71. The van der Waals surface area contributed by atoms with E-state index in [1.807, 2.05) is 5.48 Å². The first-order valence-corrected chi connectivity index (χ1v) is 7.44.